The van der Waals surface area contributed by atoms with Gasteiger partial charge in [-0.1, -0.05) is 31.9 Å². The second-order valence-electron chi connectivity index (χ2n) is 4.77. The van der Waals surface area contributed by atoms with E-state index in [2.05, 4.69) is 36.8 Å². The number of carbonyl (C=O) groups excluding carboxylic acids is 1. The van der Waals surface area contributed by atoms with Crippen LogP contribution < -0.4 is 4.74 Å². The molecular formula is C16H15Br2NO2. The second-order valence-corrected chi connectivity index (χ2v) is 6.54. The number of methoxy groups -OCH3 is 1. The molecule has 0 unspecified atom stereocenters. The summed E-state index contributed by atoms with van der Waals surface area (Å²) >= 11 is 6.80. The van der Waals surface area contributed by atoms with Crippen LogP contribution in [0.15, 0.2) is 33.3 Å². The molecule has 0 atom stereocenters. The standard InChI is InChI=1S/C16H15Br2NO2/c1-9-8-19-14(10(2)16(9)21-3)7-15(20)12-5-4-11(17)6-13(12)18/h4-6,8H,7H2,1-3H3. The van der Waals surface area contributed by atoms with E-state index in [1.807, 2.05) is 26.0 Å². The first-order valence-corrected chi connectivity index (χ1v) is 8.00. The Bertz CT molecular complexity index is 699. The van der Waals surface area contributed by atoms with Crippen LogP contribution in [0.25, 0.3) is 0 Å². The van der Waals surface area contributed by atoms with Crippen molar-refractivity contribution in [2.75, 3.05) is 7.11 Å². The third-order valence-electron chi connectivity index (χ3n) is 3.31. The molecule has 0 saturated carbocycles. The van der Waals surface area contributed by atoms with Crippen molar-refractivity contribution < 1.29 is 9.53 Å². The van der Waals surface area contributed by atoms with Crippen molar-refractivity contribution in [3.8, 4) is 5.75 Å². The second kappa shape index (κ2) is 6.71. The van der Waals surface area contributed by atoms with Crippen molar-refractivity contribution in [3.05, 3.63) is 55.7 Å². The van der Waals surface area contributed by atoms with Crippen molar-refractivity contribution >= 4 is 37.6 Å². The molecule has 110 valence electrons. The van der Waals surface area contributed by atoms with Crippen LogP contribution in [0.2, 0.25) is 0 Å². The summed E-state index contributed by atoms with van der Waals surface area (Å²) in [6.45, 7) is 3.87. The maximum Gasteiger partial charge on any atom is 0.169 e. The third kappa shape index (κ3) is 3.52. The summed E-state index contributed by atoms with van der Waals surface area (Å²) < 4.78 is 7.08. The first-order chi connectivity index (χ1) is 9.93. The van der Waals surface area contributed by atoms with Gasteiger partial charge in [0.05, 0.1) is 19.2 Å². The molecule has 0 amide bonds. The minimum atomic E-state index is 0.0240. The first kappa shape index (κ1) is 16.2. The first-order valence-electron chi connectivity index (χ1n) is 6.41. The number of pyridine rings is 1. The number of halogens is 2. The lowest BCUT2D eigenvalue weighted by atomic mass is 10.0. The topological polar surface area (TPSA) is 39.2 Å². The number of hydrogen-bond acceptors (Lipinski definition) is 3. The van der Waals surface area contributed by atoms with Crippen molar-refractivity contribution in [2.45, 2.75) is 20.3 Å². The highest BCUT2D eigenvalue weighted by Crippen LogP contribution is 2.27. The van der Waals surface area contributed by atoms with Gasteiger partial charge in [-0.05, 0) is 32.0 Å². The Morgan fingerprint density at radius 1 is 1.29 bits per heavy atom. The van der Waals surface area contributed by atoms with E-state index in [0.29, 0.717) is 5.56 Å². The molecule has 0 fully saturated rings. The molecule has 0 radical (unpaired) electrons. The highest BCUT2D eigenvalue weighted by molar-refractivity contribution is 9.11. The molecule has 1 aromatic carbocycles. The van der Waals surface area contributed by atoms with Crippen molar-refractivity contribution in [1.29, 1.82) is 0 Å². The van der Waals surface area contributed by atoms with Gasteiger partial charge in [-0.3, -0.25) is 9.78 Å². The molecule has 0 aliphatic carbocycles. The van der Waals surface area contributed by atoms with Crippen LogP contribution in [-0.2, 0) is 6.42 Å². The number of ether oxygens (including phenoxy) is 1. The summed E-state index contributed by atoms with van der Waals surface area (Å²) in [4.78, 5) is 16.8. The summed E-state index contributed by atoms with van der Waals surface area (Å²) in [5.74, 6) is 0.818. The van der Waals surface area contributed by atoms with Gasteiger partial charge in [0.25, 0.3) is 0 Å². The summed E-state index contributed by atoms with van der Waals surface area (Å²) in [7, 11) is 1.63. The van der Waals surface area contributed by atoms with E-state index in [1.54, 1.807) is 19.4 Å². The quantitative estimate of drug-likeness (QED) is 0.685. The Kier molecular flexibility index (Phi) is 5.17. The van der Waals surface area contributed by atoms with E-state index in [4.69, 9.17) is 4.74 Å². The Morgan fingerprint density at radius 3 is 2.62 bits per heavy atom. The van der Waals surface area contributed by atoms with E-state index < -0.39 is 0 Å². The number of Topliss-reactive ketones (excluding diaryl/α,β-unsaturated/α-hetero) is 1. The van der Waals surface area contributed by atoms with Gasteiger partial charge in [0, 0.05) is 31.8 Å². The minimum absolute atomic E-state index is 0.0240. The fraction of sp³-hybridized carbons (Fsp3) is 0.250. The smallest absolute Gasteiger partial charge is 0.169 e. The van der Waals surface area contributed by atoms with Crippen LogP contribution in [0.3, 0.4) is 0 Å². The van der Waals surface area contributed by atoms with Crippen LogP contribution in [-0.4, -0.2) is 17.9 Å². The normalized spacial score (nSPS) is 10.5. The highest BCUT2D eigenvalue weighted by Gasteiger charge is 2.16. The Labute approximate surface area is 141 Å². The average molecular weight is 413 g/mol. The number of benzene rings is 1. The van der Waals surface area contributed by atoms with Gasteiger partial charge in [0.1, 0.15) is 5.75 Å². The van der Waals surface area contributed by atoms with Gasteiger partial charge >= 0.3 is 0 Å². The van der Waals surface area contributed by atoms with E-state index in [0.717, 1.165) is 31.5 Å². The lowest BCUT2D eigenvalue weighted by molar-refractivity contribution is 0.0991. The number of hydrogen-bond donors (Lipinski definition) is 0. The van der Waals surface area contributed by atoms with Crippen LogP contribution in [0.4, 0.5) is 0 Å². The maximum absolute atomic E-state index is 12.5. The lowest BCUT2D eigenvalue weighted by Crippen LogP contribution is -2.09. The molecule has 0 aliphatic rings. The van der Waals surface area contributed by atoms with Crippen LogP contribution in [0, 0.1) is 13.8 Å². The van der Waals surface area contributed by atoms with Gasteiger partial charge in [-0.25, -0.2) is 0 Å². The van der Waals surface area contributed by atoms with Gasteiger partial charge in [0.15, 0.2) is 5.78 Å². The van der Waals surface area contributed by atoms with E-state index in [-0.39, 0.29) is 12.2 Å². The molecule has 2 aromatic rings. The number of rotatable bonds is 4. The fourth-order valence-corrected chi connectivity index (χ4v) is 3.48. The number of aryl methyl sites for hydroxylation is 1. The molecule has 0 N–H and O–H groups in total. The zero-order valence-electron chi connectivity index (χ0n) is 12.0. The number of ketones is 1. The maximum atomic E-state index is 12.5. The molecule has 1 aromatic heterocycles. The Balaban J connectivity index is 2.32. The third-order valence-corrected chi connectivity index (χ3v) is 4.46. The monoisotopic (exact) mass is 411 g/mol. The number of carbonyl (C=O) groups is 1. The van der Waals surface area contributed by atoms with Gasteiger partial charge in [0.2, 0.25) is 0 Å². The molecule has 0 aliphatic heterocycles. The van der Waals surface area contributed by atoms with Crippen molar-refractivity contribution in [1.82, 2.24) is 4.98 Å². The minimum Gasteiger partial charge on any atom is -0.496 e. The predicted molar refractivity (Wildman–Crippen MR) is 90.1 cm³/mol. The largest absolute Gasteiger partial charge is 0.496 e. The molecule has 0 saturated heterocycles. The molecule has 3 nitrogen and oxygen atoms in total. The van der Waals surface area contributed by atoms with Crippen LogP contribution >= 0.6 is 31.9 Å². The molecule has 1 heterocycles. The summed E-state index contributed by atoms with van der Waals surface area (Å²) in [5.41, 5.74) is 3.28. The molecule has 21 heavy (non-hydrogen) atoms. The summed E-state index contributed by atoms with van der Waals surface area (Å²) in [6.07, 6.45) is 1.99. The highest BCUT2D eigenvalue weighted by atomic mass is 79.9. The Hall–Kier alpha value is -1.20. The molecule has 2 rings (SSSR count). The van der Waals surface area contributed by atoms with E-state index in [1.165, 1.54) is 0 Å². The van der Waals surface area contributed by atoms with Gasteiger partial charge in [-0.15, -0.1) is 0 Å². The predicted octanol–water partition coefficient (Wildman–Crippen LogP) is 4.66. The van der Waals surface area contributed by atoms with E-state index >= 15 is 0 Å². The van der Waals surface area contributed by atoms with Crippen LogP contribution in [0.1, 0.15) is 27.2 Å². The average Bonchev–Trinajstić information content (AvgIpc) is 2.42. The molecular weight excluding hydrogens is 398 g/mol. The zero-order chi connectivity index (χ0) is 15.6. The summed E-state index contributed by atoms with van der Waals surface area (Å²) in [5, 5.41) is 0. The lowest BCUT2D eigenvalue weighted by Gasteiger charge is -2.12. The van der Waals surface area contributed by atoms with Gasteiger partial charge < -0.3 is 4.74 Å². The molecule has 0 spiro atoms. The molecule has 0 bridgehead atoms. The molecule has 5 heteroatoms. The van der Waals surface area contributed by atoms with Crippen molar-refractivity contribution in [3.63, 3.8) is 0 Å². The summed E-state index contributed by atoms with van der Waals surface area (Å²) in [6, 6.07) is 5.52. The Morgan fingerprint density at radius 2 is 2.00 bits per heavy atom. The van der Waals surface area contributed by atoms with E-state index in [9.17, 15) is 4.79 Å². The number of nitrogens with zero attached hydrogens (tertiary/aromatic N) is 1. The van der Waals surface area contributed by atoms with Crippen LogP contribution in [0.5, 0.6) is 5.75 Å². The zero-order valence-corrected chi connectivity index (χ0v) is 15.2. The van der Waals surface area contributed by atoms with Gasteiger partial charge in [-0.2, -0.15) is 0 Å². The number of aromatic nitrogens is 1. The van der Waals surface area contributed by atoms with Crippen molar-refractivity contribution in [2.24, 2.45) is 0 Å². The SMILES string of the molecule is COc1c(C)cnc(CC(=O)c2ccc(Br)cc2Br)c1C. The fourth-order valence-electron chi connectivity index (χ4n) is 2.21.